The second kappa shape index (κ2) is 5.04. The lowest BCUT2D eigenvalue weighted by Crippen LogP contribution is -2.59. The molecule has 4 aliphatic rings. The van der Waals surface area contributed by atoms with Crippen LogP contribution in [0.25, 0.3) is 0 Å². The smallest absolute Gasteiger partial charge is 0.242 e. The summed E-state index contributed by atoms with van der Waals surface area (Å²) in [6, 6.07) is 0.816. The Labute approximate surface area is 132 Å². The van der Waals surface area contributed by atoms with E-state index >= 15 is 0 Å². The normalized spacial score (nSPS) is 41.8. The molecule has 7 heteroatoms. The maximum Gasteiger partial charge on any atom is 0.242 e. The zero-order valence-corrected chi connectivity index (χ0v) is 14.6. The number of hydrogen-bond donors (Lipinski definition) is 1. The van der Waals surface area contributed by atoms with E-state index in [0.29, 0.717) is 18.0 Å². The Bertz CT molecular complexity index is 518. The van der Waals surface area contributed by atoms with Crippen LogP contribution >= 0.6 is 7.29 Å². The maximum absolute atomic E-state index is 13.1. The molecule has 1 amide bonds. The van der Waals surface area contributed by atoms with Gasteiger partial charge in [0, 0.05) is 44.5 Å². The maximum atomic E-state index is 13.1. The van der Waals surface area contributed by atoms with Crippen molar-refractivity contribution in [1.82, 2.24) is 20.0 Å². The van der Waals surface area contributed by atoms with Gasteiger partial charge >= 0.3 is 0 Å². The molecule has 1 N–H and O–H groups in total. The van der Waals surface area contributed by atoms with Crippen LogP contribution in [0.15, 0.2) is 0 Å². The fourth-order valence-corrected chi connectivity index (χ4v) is 6.36. The summed E-state index contributed by atoms with van der Waals surface area (Å²) in [6.45, 7) is 5.44. The summed E-state index contributed by atoms with van der Waals surface area (Å²) in [4.78, 5) is 15.3. The molecule has 0 spiro atoms. The third-order valence-corrected chi connectivity index (χ3v) is 7.42. The van der Waals surface area contributed by atoms with Crippen LogP contribution in [-0.2, 0) is 9.36 Å². The van der Waals surface area contributed by atoms with Crippen LogP contribution < -0.4 is 5.43 Å². The van der Waals surface area contributed by atoms with Gasteiger partial charge in [0.15, 0.2) is 0 Å². The van der Waals surface area contributed by atoms with Crippen LogP contribution in [-0.4, -0.2) is 78.1 Å². The van der Waals surface area contributed by atoms with Crippen molar-refractivity contribution < 1.29 is 9.36 Å². The summed E-state index contributed by atoms with van der Waals surface area (Å²) < 4.78 is 14.6. The van der Waals surface area contributed by atoms with E-state index in [-0.39, 0.29) is 18.0 Å². The first-order valence-electron chi connectivity index (χ1n) is 8.50. The molecule has 0 aromatic heterocycles. The quantitative estimate of drug-likeness (QED) is 0.612. The number of rotatable bonds is 4. The SMILES string of the molecule is CNN1CC2CCC(C1)N2C(=O)C1C(C2CC2)N1P(C)(C)=O. The summed E-state index contributed by atoms with van der Waals surface area (Å²) in [7, 11) is -0.380. The van der Waals surface area contributed by atoms with Crippen LogP contribution in [0.5, 0.6) is 0 Å². The first-order chi connectivity index (χ1) is 10.4. The molecular weight excluding hydrogens is 299 g/mol. The number of hydrogen-bond acceptors (Lipinski definition) is 4. The van der Waals surface area contributed by atoms with Gasteiger partial charge in [-0.2, -0.15) is 0 Å². The van der Waals surface area contributed by atoms with E-state index in [1.807, 2.05) is 25.0 Å². The highest BCUT2D eigenvalue weighted by molar-refractivity contribution is 7.60. The van der Waals surface area contributed by atoms with Crippen molar-refractivity contribution in [2.24, 2.45) is 5.92 Å². The Balaban J connectivity index is 1.52. The molecule has 3 saturated heterocycles. The minimum absolute atomic E-state index is 0.0995. The molecule has 0 aromatic rings. The van der Waals surface area contributed by atoms with E-state index < -0.39 is 7.29 Å². The highest BCUT2D eigenvalue weighted by atomic mass is 31.2. The van der Waals surface area contributed by atoms with Crippen LogP contribution in [0.3, 0.4) is 0 Å². The summed E-state index contributed by atoms with van der Waals surface area (Å²) in [5.74, 6) is 0.863. The fourth-order valence-electron chi connectivity index (χ4n) is 4.63. The summed E-state index contributed by atoms with van der Waals surface area (Å²) in [5.41, 5.74) is 3.22. The highest BCUT2D eigenvalue weighted by Crippen LogP contribution is 2.61. The van der Waals surface area contributed by atoms with Gasteiger partial charge in [0.05, 0.1) is 0 Å². The van der Waals surface area contributed by atoms with Crippen molar-refractivity contribution in [3.8, 4) is 0 Å². The molecular formula is C15H27N4O2P. The van der Waals surface area contributed by atoms with Gasteiger partial charge in [0.1, 0.15) is 13.3 Å². The molecule has 1 saturated carbocycles. The van der Waals surface area contributed by atoms with Crippen LogP contribution in [0.1, 0.15) is 25.7 Å². The van der Waals surface area contributed by atoms with Gasteiger partial charge < -0.3 is 9.46 Å². The molecule has 5 atom stereocenters. The minimum Gasteiger partial charge on any atom is -0.333 e. The Kier molecular flexibility index (Phi) is 3.46. The third-order valence-electron chi connectivity index (χ3n) is 5.79. The van der Waals surface area contributed by atoms with Crippen LogP contribution in [0.4, 0.5) is 0 Å². The standard InChI is InChI=1S/C15H27N4O2P/c1-16-17-8-11-6-7-12(9-17)18(11)15(20)14-13(10-4-5-10)19(14)22(2,3)21/h10-14,16H,4-9H2,1-3H3. The summed E-state index contributed by atoms with van der Waals surface area (Å²) in [6.07, 6.45) is 4.60. The second-order valence-electron chi connectivity index (χ2n) is 7.71. The van der Waals surface area contributed by atoms with E-state index in [1.165, 1.54) is 12.8 Å². The van der Waals surface area contributed by atoms with Gasteiger partial charge in [0.2, 0.25) is 5.91 Å². The number of fused-ring (bicyclic) bond motifs is 2. The van der Waals surface area contributed by atoms with E-state index in [2.05, 4.69) is 15.3 Å². The Morgan fingerprint density at radius 2 is 1.68 bits per heavy atom. The third kappa shape index (κ3) is 2.35. The van der Waals surface area contributed by atoms with Crippen molar-refractivity contribution in [2.75, 3.05) is 33.5 Å². The predicted molar refractivity (Wildman–Crippen MR) is 85.9 cm³/mol. The molecule has 4 rings (SSSR count). The number of amides is 1. The van der Waals surface area contributed by atoms with Gasteiger partial charge in [-0.3, -0.25) is 10.2 Å². The van der Waals surface area contributed by atoms with Crippen molar-refractivity contribution in [3.05, 3.63) is 0 Å². The van der Waals surface area contributed by atoms with Crippen LogP contribution in [0.2, 0.25) is 0 Å². The zero-order chi connectivity index (χ0) is 15.6. The number of hydrazine groups is 1. The predicted octanol–water partition coefficient (Wildman–Crippen LogP) is 0.797. The molecule has 0 aromatic carbocycles. The number of carbonyl (C=O) groups is 1. The number of carbonyl (C=O) groups excluding carboxylic acids is 1. The molecule has 3 heterocycles. The lowest BCUT2D eigenvalue weighted by Gasteiger charge is -2.40. The summed E-state index contributed by atoms with van der Waals surface area (Å²) >= 11 is 0. The van der Waals surface area contributed by atoms with Crippen molar-refractivity contribution in [2.45, 2.75) is 49.9 Å². The number of nitrogens with zero attached hydrogens (tertiary/aromatic N) is 3. The zero-order valence-electron chi connectivity index (χ0n) is 13.7. The average molecular weight is 326 g/mol. The Hall–Kier alpha value is -0.420. The largest absolute Gasteiger partial charge is 0.333 e. The summed E-state index contributed by atoms with van der Waals surface area (Å²) in [5, 5.41) is 2.22. The molecule has 1 aliphatic carbocycles. The van der Waals surface area contributed by atoms with E-state index in [0.717, 1.165) is 25.9 Å². The fraction of sp³-hybridized carbons (Fsp3) is 0.933. The van der Waals surface area contributed by atoms with E-state index in [4.69, 9.17) is 0 Å². The molecule has 6 nitrogen and oxygen atoms in total. The second-order valence-corrected chi connectivity index (χ2v) is 10.8. The number of piperazine rings is 1. The van der Waals surface area contributed by atoms with Gasteiger partial charge in [-0.1, -0.05) is 0 Å². The first-order valence-corrected chi connectivity index (χ1v) is 11.1. The van der Waals surface area contributed by atoms with Crippen molar-refractivity contribution >= 4 is 13.2 Å². The van der Waals surface area contributed by atoms with Gasteiger partial charge in [-0.15, -0.1) is 0 Å². The van der Waals surface area contributed by atoms with Gasteiger partial charge in [-0.25, -0.2) is 9.68 Å². The van der Waals surface area contributed by atoms with Crippen molar-refractivity contribution in [3.63, 3.8) is 0 Å². The lowest BCUT2D eigenvalue weighted by atomic mass is 10.1. The Morgan fingerprint density at radius 1 is 1.09 bits per heavy atom. The van der Waals surface area contributed by atoms with E-state index in [9.17, 15) is 9.36 Å². The average Bonchev–Trinajstić information content (AvgIpc) is 3.33. The highest BCUT2D eigenvalue weighted by Gasteiger charge is 2.64. The minimum atomic E-state index is -2.33. The van der Waals surface area contributed by atoms with Crippen molar-refractivity contribution in [1.29, 1.82) is 0 Å². The lowest BCUT2D eigenvalue weighted by molar-refractivity contribution is -0.137. The van der Waals surface area contributed by atoms with Crippen LogP contribution in [0, 0.1) is 5.92 Å². The molecule has 5 unspecified atom stereocenters. The Morgan fingerprint density at radius 3 is 2.14 bits per heavy atom. The molecule has 3 aliphatic heterocycles. The number of nitrogens with one attached hydrogen (secondary N) is 1. The monoisotopic (exact) mass is 326 g/mol. The molecule has 4 fully saturated rings. The van der Waals surface area contributed by atoms with E-state index in [1.54, 1.807) is 0 Å². The topological polar surface area (TPSA) is 55.7 Å². The van der Waals surface area contributed by atoms with Gasteiger partial charge in [-0.05, 0) is 38.6 Å². The van der Waals surface area contributed by atoms with Gasteiger partial charge in [0.25, 0.3) is 0 Å². The molecule has 0 radical (unpaired) electrons. The molecule has 22 heavy (non-hydrogen) atoms. The molecule has 124 valence electrons. The first kappa shape index (κ1) is 15.1. The molecule has 2 bridgehead atoms.